The van der Waals surface area contributed by atoms with Crippen LogP contribution in [0.4, 0.5) is 0 Å². The van der Waals surface area contributed by atoms with E-state index in [4.69, 9.17) is 4.98 Å². The number of hydrogen-bond donors (Lipinski definition) is 2. The molecule has 2 aromatic carbocycles. The van der Waals surface area contributed by atoms with Crippen molar-refractivity contribution in [3.63, 3.8) is 0 Å². The van der Waals surface area contributed by atoms with Gasteiger partial charge in [0.2, 0.25) is 0 Å². The number of aliphatic hydroxyl groups is 1. The lowest BCUT2D eigenvalue weighted by atomic mass is 10.1. The minimum absolute atomic E-state index is 0.0219. The molecule has 3 aromatic rings. The number of hydrogen-bond acceptors (Lipinski definition) is 5. The molecule has 1 amide bonds. The van der Waals surface area contributed by atoms with Gasteiger partial charge in [0.15, 0.2) is 0 Å². The van der Waals surface area contributed by atoms with Crippen LogP contribution in [-0.2, 0) is 6.61 Å². The number of carbonyl (C=O) groups is 1. The summed E-state index contributed by atoms with van der Waals surface area (Å²) >= 11 is 0. The molecule has 28 heavy (non-hydrogen) atoms. The first-order valence-electron chi connectivity index (χ1n) is 9.12. The number of carbonyl (C=O) groups excluding carboxylic acids is 1. The molecule has 1 aromatic heterocycles. The molecule has 6 heteroatoms. The second-order valence-electron chi connectivity index (χ2n) is 6.79. The number of nitrogens with zero attached hydrogens (tertiary/aromatic N) is 3. The van der Waals surface area contributed by atoms with Crippen molar-refractivity contribution in [2.75, 3.05) is 27.2 Å². The van der Waals surface area contributed by atoms with Crippen molar-refractivity contribution in [1.29, 1.82) is 0 Å². The highest BCUT2D eigenvalue weighted by Gasteiger charge is 2.09. The molecular formula is C22H24N4O2. The van der Waals surface area contributed by atoms with Crippen molar-refractivity contribution in [3.05, 3.63) is 72.1 Å². The van der Waals surface area contributed by atoms with Gasteiger partial charge in [0.05, 0.1) is 30.4 Å². The highest BCUT2D eigenvalue weighted by molar-refractivity contribution is 5.95. The van der Waals surface area contributed by atoms with Gasteiger partial charge in [-0.05, 0) is 37.9 Å². The zero-order valence-corrected chi connectivity index (χ0v) is 16.1. The number of rotatable bonds is 7. The van der Waals surface area contributed by atoms with Crippen LogP contribution in [0.5, 0.6) is 0 Å². The van der Waals surface area contributed by atoms with Crippen LogP contribution in [0.2, 0.25) is 0 Å². The van der Waals surface area contributed by atoms with Crippen molar-refractivity contribution in [2.24, 2.45) is 0 Å². The van der Waals surface area contributed by atoms with Gasteiger partial charge >= 0.3 is 0 Å². The fourth-order valence-corrected chi connectivity index (χ4v) is 2.79. The van der Waals surface area contributed by atoms with Gasteiger partial charge in [0, 0.05) is 29.8 Å². The van der Waals surface area contributed by atoms with Gasteiger partial charge in [-0.15, -0.1) is 0 Å². The lowest BCUT2D eigenvalue weighted by Gasteiger charge is -2.11. The normalized spacial score (nSPS) is 10.9. The van der Waals surface area contributed by atoms with Gasteiger partial charge in [-0.1, -0.05) is 30.3 Å². The van der Waals surface area contributed by atoms with Crippen LogP contribution < -0.4 is 5.32 Å². The van der Waals surface area contributed by atoms with Crippen LogP contribution in [0.3, 0.4) is 0 Å². The fraction of sp³-hybridized carbons (Fsp3) is 0.227. The first-order valence-corrected chi connectivity index (χ1v) is 9.12. The van der Waals surface area contributed by atoms with Crippen LogP contribution in [0.15, 0.2) is 60.9 Å². The summed E-state index contributed by atoms with van der Waals surface area (Å²) in [6.07, 6.45) is 3.38. The number of aliphatic hydroxyl groups excluding tert-OH is 1. The first-order chi connectivity index (χ1) is 13.6. The van der Waals surface area contributed by atoms with Gasteiger partial charge in [0.1, 0.15) is 0 Å². The summed E-state index contributed by atoms with van der Waals surface area (Å²) in [5, 5.41) is 12.3. The van der Waals surface area contributed by atoms with E-state index in [0.717, 1.165) is 23.2 Å². The molecule has 6 nitrogen and oxygen atoms in total. The van der Waals surface area contributed by atoms with E-state index >= 15 is 0 Å². The monoisotopic (exact) mass is 376 g/mol. The summed E-state index contributed by atoms with van der Waals surface area (Å²) < 4.78 is 0. The Labute approximate surface area is 164 Å². The molecule has 0 saturated heterocycles. The van der Waals surface area contributed by atoms with Crippen LogP contribution in [-0.4, -0.2) is 53.1 Å². The standard InChI is InChI=1S/C22H24N4O2/c1-26(2)10-9-24-22(28)19-8-4-7-18(12-19)21-14-23-13-20(25-21)17-6-3-5-16(11-17)15-27/h3-8,11-14,27H,9-10,15H2,1-2H3,(H,24,28). The maximum absolute atomic E-state index is 12.4. The first kappa shape index (κ1) is 19.7. The summed E-state index contributed by atoms with van der Waals surface area (Å²) in [6.45, 7) is 1.35. The molecule has 3 rings (SSSR count). The molecule has 0 aliphatic heterocycles. The summed E-state index contributed by atoms with van der Waals surface area (Å²) in [5.74, 6) is -0.108. The molecule has 2 N–H and O–H groups in total. The Balaban J connectivity index is 1.83. The molecule has 144 valence electrons. The van der Waals surface area contributed by atoms with Crippen molar-refractivity contribution in [1.82, 2.24) is 20.2 Å². The van der Waals surface area contributed by atoms with Crippen molar-refractivity contribution in [3.8, 4) is 22.5 Å². The number of aromatic nitrogens is 2. The van der Waals surface area contributed by atoms with E-state index in [2.05, 4.69) is 10.3 Å². The molecule has 0 radical (unpaired) electrons. The Bertz CT molecular complexity index is 957. The zero-order chi connectivity index (χ0) is 19.9. The van der Waals surface area contributed by atoms with E-state index in [0.29, 0.717) is 23.5 Å². The molecule has 0 atom stereocenters. The summed E-state index contributed by atoms with van der Waals surface area (Å²) in [5.41, 5.74) is 4.53. The smallest absolute Gasteiger partial charge is 0.251 e. The number of likely N-dealkylation sites (N-methyl/N-ethyl adjacent to an activating group) is 1. The second-order valence-corrected chi connectivity index (χ2v) is 6.79. The van der Waals surface area contributed by atoms with E-state index < -0.39 is 0 Å². The summed E-state index contributed by atoms with van der Waals surface area (Å²) in [7, 11) is 3.93. The molecule has 0 aliphatic carbocycles. The van der Waals surface area contributed by atoms with Crippen LogP contribution in [0.25, 0.3) is 22.5 Å². The van der Waals surface area contributed by atoms with Gasteiger partial charge in [-0.3, -0.25) is 9.78 Å². The van der Waals surface area contributed by atoms with Crippen molar-refractivity contribution >= 4 is 5.91 Å². The predicted molar refractivity (Wildman–Crippen MR) is 110 cm³/mol. The zero-order valence-electron chi connectivity index (χ0n) is 16.1. The fourth-order valence-electron chi connectivity index (χ4n) is 2.79. The molecule has 0 spiro atoms. The maximum atomic E-state index is 12.4. The lowest BCUT2D eigenvalue weighted by Crippen LogP contribution is -2.31. The summed E-state index contributed by atoms with van der Waals surface area (Å²) in [4.78, 5) is 23.4. The Morgan fingerprint density at radius 2 is 1.71 bits per heavy atom. The highest BCUT2D eigenvalue weighted by Crippen LogP contribution is 2.23. The van der Waals surface area contributed by atoms with Crippen molar-refractivity contribution in [2.45, 2.75) is 6.61 Å². The van der Waals surface area contributed by atoms with Crippen LogP contribution in [0.1, 0.15) is 15.9 Å². The highest BCUT2D eigenvalue weighted by atomic mass is 16.3. The third-order valence-corrected chi connectivity index (χ3v) is 4.30. The quantitative estimate of drug-likeness (QED) is 0.663. The molecule has 0 aliphatic rings. The van der Waals surface area contributed by atoms with Gasteiger partial charge in [0.25, 0.3) is 5.91 Å². The van der Waals surface area contributed by atoms with E-state index in [-0.39, 0.29) is 12.5 Å². The van der Waals surface area contributed by atoms with E-state index in [9.17, 15) is 9.90 Å². The molecular weight excluding hydrogens is 352 g/mol. The van der Waals surface area contributed by atoms with E-state index in [1.54, 1.807) is 18.5 Å². The molecule has 0 unspecified atom stereocenters. The average molecular weight is 376 g/mol. The minimum Gasteiger partial charge on any atom is -0.392 e. The van der Waals surface area contributed by atoms with E-state index in [1.807, 2.05) is 61.5 Å². The second kappa shape index (κ2) is 9.21. The predicted octanol–water partition coefficient (Wildman–Crippen LogP) is 2.59. The van der Waals surface area contributed by atoms with Gasteiger partial charge in [-0.25, -0.2) is 4.98 Å². The van der Waals surface area contributed by atoms with Crippen molar-refractivity contribution < 1.29 is 9.90 Å². The Hall–Kier alpha value is -3.09. The van der Waals surface area contributed by atoms with Gasteiger partial charge < -0.3 is 15.3 Å². The molecule has 0 bridgehead atoms. The average Bonchev–Trinajstić information content (AvgIpc) is 2.73. The Morgan fingerprint density at radius 1 is 1.04 bits per heavy atom. The third kappa shape index (κ3) is 5.00. The van der Waals surface area contributed by atoms with Crippen LogP contribution >= 0.6 is 0 Å². The third-order valence-electron chi connectivity index (χ3n) is 4.30. The number of amides is 1. The SMILES string of the molecule is CN(C)CCNC(=O)c1cccc(-c2cncc(-c3cccc(CO)c3)n2)c1. The minimum atomic E-state index is -0.108. The Morgan fingerprint density at radius 3 is 2.39 bits per heavy atom. The van der Waals surface area contributed by atoms with Crippen LogP contribution in [0, 0.1) is 0 Å². The van der Waals surface area contributed by atoms with Gasteiger partial charge in [-0.2, -0.15) is 0 Å². The number of benzene rings is 2. The molecule has 1 heterocycles. The van der Waals surface area contributed by atoms with E-state index in [1.165, 1.54) is 0 Å². The topological polar surface area (TPSA) is 78.4 Å². The molecule has 0 fully saturated rings. The lowest BCUT2D eigenvalue weighted by molar-refractivity contribution is 0.0951. The largest absolute Gasteiger partial charge is 0.392 e. The number of nitrogens with one attached hydrogen (secondary N) is 1. The Kier molecular flexibility index (Phi) is 6.47. The maximum Gasteiger partial charge on any atom is 0.251 e. The summed E-state index contributed by atoms with van der Waals surface area (Å²) in [6, 6.07) is 14.9. The molecule has 0 saturated carbocycles.